The Balaban J connectivity index is 4.61. The Hall–Kier alpha value is -0.340. The van der Waals surface area contributed by atoms with Crippen molar-refractivity contribution >= 4 is 10.0 Å². The molecule has 0 saturated carbocycles. The predicted molar refractivity (Wildman–Crippen MR) is 46.1 cm³/mol. The van der Waals surface area contributed by atoms with Gasteiger partial charge in [0.05, 0.1) is 5.25 Å². The molecule has 1 atom stereocenters. The van der Waals surface area contributed by atoms with Gasteiger partial charge in [-0.3, -0.25) is 0 Å². The fraction of sp³-hybridized carbons (Fsp3) is 1.00. The van der Waals surface area contributed by atoms with Crippen molar-refractivity contribution in [2.75, 3.05) is 20.1 Å². The highest BCUT2D eigenvalue weighted by molar-refractivity contribution is 7.89. The molecule has 0 bridgehead atoms. The van der Waals surface area contributed by atoms with Gasteiger partial charge in [-0.15, -0.1) is 0 Å². The van der Waals surface area contributed by atoms with Crippen LogP contribution in [0.15, 0.2) is 0 Å². The average Bonchev–Trinajstić information content (AvgIpc) is 1.99. The molecule has 86 valence electrons. The molecule has 0 radical (unpaired) electrons. The summed E-state index contributed by atoms with van der Waals surface area (Å²) in [4.78, 5) is 0. The molecule has 1 unspecified atom stereocenters. The molecule has 0 spiro atoms. The number of alkyl halides is 3. The van der Waals surface area contributed by atoms with Gasteiger partial charge < -0.3 is 5.73 Å². The van der Waals surface area contributed by atoms with Crippen molar-refractivity contribution in [3.8, 4) is 0 Å². The van der Waals surface area contributed by atoms with E-state index in [0.29, 0.717) is 0 Å². The Bertz CT molecular complexity index is 275. The van der Waals surface area contributed by atoms with Crippen LogP contribution in [0.1, 0.15) is 6.92 Å². The number of hydrogen-bond donors (Lipinski definition) is 1. The van der Waals surface area contributed by atoms with E-state index in [9.17, 15) is 21.6 Å². The molecular weight excluding hydrogens is 221 g/mol. The minimum absolute atomic E-state index is 0.204. The van der Waals surface area contributed by atoms with E-state index in [0.717, 1.165) is 7.05 Å². The maximum atomic E-state index is 11.9. The van der Waals surface area contributed by atoms with Crippen LogP contribution in [0.3, 0.4) is 0 Å². The van der Waals surface area contributed by atoms with E-state index in [2.05, 4.69) is 0 Å². The molecule has 0 aromatic rings. The predicted octanol–water partition coefficient (Wildman–Crippen LogP) is 0.158. The van der Waals surface area contributed by atoms with Gasteiger partial charge in [0.15, 0.2) is 0 Å². The summed E-state index contributed by atoms with van der Waals surface area (Å²) >= 11 is 0. The van der Waals surface area contributed by atoms with Crippen LogP contribution in [0, 0.1) is 0 Å². The number of nitrogens with two attached hydrogens (primary N) is 1. The number of rotatable bonds is 4. The van der Waals surface area contributed by atoms with Gasteiger partial charge >= 0.3 is 6.18 Å². The van der Waals surface area contributed by atoms with Crippen molar-refractivity contribution in [2.45, 2.75) is 18.3 Å². The summed E-state index contributed by atoms with van der Waals surface area (Å²) in [6.45, 7) is -0.424. The fourth-order valence-electron chi connectivity index (χ4n) is 0.771. The Kier molecular flexibility index (Phi) is 4.34. The Morgan fingerprint density at radius 2 is 1.86 bits per heavy atom. The molecule has 0 rings (SSSR count). The molecule has 0 heterocycles. The lowest BCUT2D eigenvalue weighted by atomic mass is 10.5. The van der Waals surface area contributed by atoms with Gasteiger partial charge in [0.1, 0.15) is 6.54 Å². The van der Waals surface area contributed by atoms with Gasteiger partial charge in [-0.1, -0.05) is 0 Å². The first kappa shape index (κ1) is 13.7. The van der Waals surface area contributed by atoms with Gasteiger partial charge in [0.2, 0.25) is 10.0 Å². The molecule has 2 N–H and O–H groups in total. The number of nitrogens with zero attached hydrogens (tertiary/aromatic N) is 1. The van der Waals surface area contributed by atoms with Crippen LogP contribution in [0.5, 0.6) is 0 Å². The quantitative estimate of drug-likeness (QED) is 0.753. The Labute approximate surface area is 80.9 Å². The lowest BCUT2D eigenvalue weighted by Gasteiger charge is -2.21. The summed E-state index contributed by atoms with van der Waals surface area (Å²) in [6, 6.07) is 0. The largest absolute Gasteiger partial charge is 0.402 e. The molecule has 0 fully saturated rings. The summed E-state index contributed by atoms with van der Waals surface area (Å²) in [5.74, 6) is 0. The van der Waals surface area contributed by atoms with E-state index >= 15 is 0 Å². The van der Waals surface area contributed by atoms with Crippen LogP contribution in [-0.2, 0) is 10.0 Å². The fourth-order valence-corrected chi connectivity index (χ4v) is 1.96. The van der Waals surface area contributed by atoms with Gasteiger partial charge in [-0.25, -0.2) is 8.42 Å². The van der Waals surface area contributed by atoms with Crippen LogP contribution < -0.4 is 5.73 Å². The molecule has 0 aliphatic carbocycles. The van der Waals surface area contributed by atoms with E-state index in [1.54, 1.807) is 0 Å². The van der Waals surface area contributed by atoms with Crippen LogP contribution in [0.2, 0.25) is 0 Å². The third kappa shape index (κ3) is 3.81. The maximum Gasteiger partial charge on any atom is 0.402 e. The van der Waals surface area contributed by atoms with Crippen molar-refractivity contribution in [1.82, 2.24) is 4.31 Å². The average molecular weight is 234 g/mol. The Morgan fingerprint density at radius 1 is 1.43 bits per heavy atom. The standard InChI is InChI=1S/C6H13F3N2O2S/c1-5(3-10)14(12,13)11(2)4-6(7,8)9/h5H,3-4,10H2,1-2H3. The zero-order chi connectivity index (χ0) is 11.6. The minimum Gasteiger partial charge on any atom is -0.329 e. The Morgan fingerprint density at radius 3 is 2.14 bits per heavy atom. The molecule has 8 heteroatoms. The zero-order valence-electron chi connectivity index (χ0n) is 7.87. The summed E-state index contributed by atoms with van der Waals surface area (Å²) < 4.78 is 58.4. The summed E-state index contributed by atoms with van der Waals surface area (Å²) in [7, 11) is -3.05. The first-order valence-corrected chi connectivity index (χ1v) is 5.33. The van der Waals surface area contributed by atoms with Crippen molar-refractivity contribution in [3.05, 3.63) is 0 Å². The van der Waals surface area contributed by atoms with Crippen molar-refractivity contribution in [2.24, 2.45) is 5.73 Å². The minimum atomic E-state index is -4.53. The van der Waals surface area contributed by atoms with Crippen LogP contribution in [0.4, 0.5) is 13.2 Å². The molecule has 0 aromatic heterocycles. The monoisotopic (exact) mass is 234 g/mol. The number of hydrogen-bond acceptors (Lipinski definition) is 3. The smallest absolute Gasteiger partial charge is 0.329 e. The zero-order valence-corrected chi connectivity index (χ0v) is 8.69. The third-order valence-corrected chi connectivity index (χ3v) is 3.88. The summed E-state index contributed by atoms with van der Waals surface area (Å²) in [5, 5.41) is -1.00. The molecule has 0 saturated heterocycles. The van der Waals surface area contributed by atoms with Gasteiger partial charge in [-0.2, -0.15) is 17.5 Å². The van der Waals surface area contributed by atoms with E-state index in [1.165, 1.54) is 6.92 Å². The molecule has 0 amide bonds. The second-order valence-electron chi connectivity index (χ2n) is 2.96. The topological polar surface area (TPSA) is 63.4 Å². The molecular formula is C6H13F3N2O2S. The molecule has 0 aliphatic rings. The second-order valence-corrected chi connectivity index (χ2v) is 5.42. The van der Waals surface area contributed by atoms with Gasteiger partial charge in [0.25, 0.3) is 0 Å². The van der Waals surface area contributed by atoms with Gasteiger partial charge in [0, 0.05) is 13.6 Å². The molecule has 0 aromatic carbocycles. The second kappa shape index (κ2) is 4.45. The van der Waals surface area contributed by atoms with Crippen molar-refractivity contribution < 1.29 is 21.6 Å². The molecule has 4 nitrogen and oxygen atoms in total. The highest BCUT2D eigenvalue weighted by Gasteiger charge is 2.35. The van der Waals surface area contributed by atoms with Crippen LogP contribution >= 0.6 is 0 Å². The van der Waals surface area contributed by atoms with E-state index in [4.69, 9.17) is 5.73 Å². The van der Waals surface area contributed by atoms with Crippen molar-refractivity contribution in [3.63, 3.8) is 0 Å². The third-order valence-electron chi connectivity index (χ3n) is 1.68. The lowest BCUT2D eigenvalue weighted by Crippen LogP contribution is -2.42. The van der Waals surface area contributed by atoms with E-state index in [1.807, 2.05) is 0 Å². The van der Waals surface area contributed by atoms with E-state index in [-0.39, 0.29) is 10.8 Å². The number of sulfonamides is 1. The SMILES string of the molecule is CC(CN)S(=O)(=O)N(C)CC(F)(F)F. The normalized spacial score (nSPS) is 15.9. The highest BCUT2D eigenvalue weighted by atomic mass is 32.2. The molecule has 0 aliphatic heterocycles. The highest BCUT2D eigenvalue weighted by Crippen LogP contribution is 2.18. The first-order valence-electron chi connectivity index (χ1n) is 3.83. The van der Waals surface area contributed by atoms with Crippen LogP contribution in [0.25, 0.3) is 0 Å². The summed E-state index contributed by atoms with van der Waals surface area (Å²) in [5.41, 5.74) is 5.07. The van der Waals surface area contributed by atoms with Crippen LogP contribution in [-0.4, -0.2) is 44.3 Å². The van der Waals surface area contributed by atoms with E-state index < -0.39 is 28.0 Å². The first-order chi connectivity index (χ1) is 6.11. The number of halogens is 3. The lowest BCUT2D eigenvalue weighted by molar-refractivity contribution is -0.134. The van der Waals surface area contributed by atoms with Gasteiger partial charge in [-0.05, 0) is 6.92 Å². The van der Waals surface area contributed by atoms with Crippen molar-refractivity contribution in [1.29, 1.82) is 0 Å². The summed E-state index contributed by atoms with van der Waals surface area (Å²) in [6.07, 6.45) is -4.53. The molecule has 14 heavy (non-hydrogen) atoms. The maximum absolute atomic E-state index is 11.9.